The summed E-state index contributed by atoms with van der Waals surface area (Å²) in [5, 5.41) is 9.91. The number of hydrogen-bond acceptors (Lipinski definition) is 2. The number of amides is 1. The minimum Gasteiger partial charge on any atom is -0.386 e. The molecule has 4 heteroatoms. The number of rotatable bonds is 2. The van der Waals surface area contributed by atoms with Gasteiger partial charge in [0.25, 0.3) is 5.91 Å². The molecule has 0 spiro atoms. The number of nitrogens with zero attached hydrogens (tertiary/aromatic N) is 1. The standard InChI is InChI=1S/C13H16BrNO2/c1-3-13(17)7-15(8-13)12(16)11-6-10(14)5-4-9(11)2/h4-6,17H,3,7-8H2,1-2H3. The molecule has 0 radical (unpaired) electrons. The zero-order valence-electron chi connectivity index (χ0n) is 10.0. The predicted molar refractivity (Wildman–Crippen MR) is 70.0 cm³/mol. The van der Waals surface area contributed by atoms with Crippen LogP contribution in [0.1, 0.15) is 29.3 Å². The van der Waals surface area contributed by atoms with Crippen LogP contribution in [0.2, 0.25) is 0 Å². The topological polar surface area (TPSA) is 40.5 Å². The highest BCUT2D eigenvalue weighted by Crippen LogP contribution is 2.27. The van der Waals surface area contributed by atoms with E-state index in [9.17, 15) is 9.90 Å². The molecule has 1 aliphatic rings. The summed E-state index contributed by atoms with van der Waals surface area (Å²) in [6, 6.07) is 5.68. The van der Waals surface area contributed by atoms with Crippen molar-refractivity contribution in [1.29, 1.82) is 0 Å². The number of aryl methyl sites for hydroxylation is 1. The van der Waals surface area contributed by atoms with Crippen LogP contribution in [0, 0.1) is 6.92 Å². The lowest BCUT2D eigenvalue weighted by atomic mass is 9.90. The van der Waals surface area contributed by atoms with Crippen LogP contribution in [0.15, 0.2) is 22.7 Å². The highest BCUT2D eigenvalue weighted by atomic mass is 79.9. The molecule has 1 amide bonds. The summed E-state index contributed by atoms with van der Waals surface area (Å²) in [5.74, 6) is 0.00178. The summed E-state index contributed by atoms with van der Waals surface area (Å²) in [5.41, 5.74) is 0.998. The Kier molecular flexibility index (Phi) is 3.27. The Morgan fingerprint density at radius 3 is 2.76 bits per heavy atom. The molecule has 1 aromatic carbocycles. The fourth-order valence-corrected chi connectivity index (χ4v) is 2.39. The molecule has 92 valence electrons. The maximum atomic E-state index is 12.2. The van der Waals surface area contributed by atoms with Crippen LogP contribution in [0.5, 0.6) is 0 Å². The third kappa shape index (κ3) is 2.38. The second-order valence-electron chi connectivity index (χ2n) is 4.70. The third-order valence-electron chi connectivity index (χ3n) is 3.35. The molecule has 17 heavy (non-hydrogen) atoms. The number of β-amino-alcohol motifs (C(OH)–C–C–N with tert-alkyl or cyclic N) is 1. The van der Waals surface area contributed by atoms with Gasteiger partial charge in [-0.15, -0.1) is 0 Å². The van der Waals surface area contributed by atoms with Gasteiger partial charge < -0.3 is 10.0 Å². The van der Waals surface area contributed by atoms with Gasteiger partial charge in [0.2, 0.25) is 0 Å². The molecule has 0 unspecified atom stereocenters. The maximum Gasteiger partial charge on any atom is 0.254 e. The van der Waals surface area contributed by atoms with E-state index in [1.54, 1.807) is 4.90 Å². The minimum atomic E-state index is -0.671. The lowest BCUT2D eigenvalue weighted by Gasteiger charge is -2.46. The Morgan fingerprint density at radius 1 is 1.53 bits per heavy atom. The summed E-state index contributed by atoms with van der Waals surface area (Å²) in [4.78, 5) is 13.9. The summed E-state index contributed by atoms with van der Waals surface area (Å²) < 4.78 is 0.901. The van der Waals surface area contributed by atoms with Crippen LogP contribution < -0.4 is 0 Å². The Balaban J connectivity index is 2.14. The Labute approximate surface area is 110 Å². The monoisotopic (exact) mass is 297 g/mol. The average molecular weight is 298 g/mol. The predicted octanol–water partition coefficient (Wildman–Crippen LogP) is 2.35. The molecular weight excluding hydrogens is 282 g/mol. The van der Waals surface area contributed by atoms with Gasteiger partial charge in [-0.3, -0.25) is 4.79 Å². The van der Waals surface area contributed by atoms with Crippen molar-refractivity contribution in [2.45, 2.75) is 25.9 Å². The highest BCUT2D eigenvalue weighted by molar-refractivity contribution is 9.10. The Morgan fingerprint density at radius 2 is 2.18 bits per heavy atom. The first-order chi connectivity index (χ1) is 7.95. The Hall–Kier alpha value is -0.870. The van der Waals surface area contributed by atoms with Gasteiger partial charge in [0.15, 0.2) is 0 Å². The number of hydrogen-bond donors (Lipinski definition) is 1. The van der Waals surface area contributed by atoms with E-state index in [2.05, 4.69) is 15.9 Å². The fraction of sp³-hybridized carbons (Fsp3) is 0.462. The van der Waals surface area contributed by atoms with Crippen molar-refractivity contribution in [1.82, 2.24) is 4.90 Å². The van der Waals surface area contributed by atoms with Gasteiger partial charge in [0.1, 0.15) is 0 Å². The quantitative estimate of drug-likeness (QED) is 0.910. The van der Waals surface area contributed by atoms with Crippen molar-refractivity contribution >= 4 is 21.8 Å². The van der Waals surface area contributed by atoms with Crippen LogP contribution in [0.4, 0.5) is 0 Å². The summed E-state index contributed by atoms with van der Waals surface area (Å²) in [6.07, 6.45) is 0.689. The van der Waals surface area contributed by atoms with Crippen molar-refractivity contribution < 1.29 is 9.90 Å². The SMILES string of the molecule is CCC1(O)CN(C(=O)c2cc(Br)ccc2C)C1. The molecule has 1 N–H and O–H groups in total. The molecular formula is C13H16BrNO2. The summed E-state index contributed by atoms with van der Waals surface area (Å²) in [6.45, 7) is 4.74. The molecule has 1 aromatic rings. The average Bonchev–Trinajstić information content (AvgIpc) is 2.27. The molecule has 0 atom stereocenters. The molecule has 1 saturated heterocycles. The van der Waals surface area contributed by atoms with Gasteiger partial charge >= 0.3 is 0 Å². The zero-order valence-corrected chi connectivity index (χ0v) is 11.6. The number of carbonyl (C=O) groups excluding carboxylic acids is 1. The molecule has 0 aromatic heterocycles. The van der Waals surface area contributed by atoms with E-state index in [-0.39, 0.29) is 5.91 Å². The number of aliphatic hydroxyl groups is 1. The molecule has 1 fully saturated rings. The smallest absolute Gasteiger partial charge is 0.254 e. The van der Waals surface area contributed by atoms with Crippen molar-refractivity contribution in [3.8, 4) is 0 Å². The molecule has 0 bridgehead atoms. The first-order valence-electron chi connectivity index (χ1n) is 5.73. The summed E-state index contributed by atoms with van der Waals surface area (Å²) >= 11 is 3.37. The number of halogens is 1. The van der Waals surface area contributed by atoms with Gasteiger partial charge in [-0.25, -0.2) is 0 Å². The van der Waals surface area contributed by atoms with Gasteiger partial charge in [-0.05, 0) is 31.0 Å². The normalized spacial score (nSPS) is 17.8. The maximum absolute atomic E-state index is 12.2. The minimum absolute atomic E-state index is 0.00178. The van der Waals surface area contributed by atoms with Crippen molar-refractivity contribution in [2.24, 2.45) is 0 Å². The Bertz CT molecular complexity index is 453. The first-order valence-corrected chi connectivity index (χ1v) is 6.52. The second kappa shape index (κ2) is 4.42. The lowest BCUT2D eigenvalue weighted by Crippen LogP contribution is -2.63. The lowest BCUT2D eigenvalue weighted by molar-refractivity contribution is -0.0826. The van der Waals surface area contributed by atoms with E-state index in [1.165, 1.54) is 0 Å². The van der Waals surface area contributed by atoms with E-state index in [1.807, 2.05) is 32.0 Å². The van der Waals surface area contributed by atoms with Crippen molar-refractivity contribution in [3.63, 3.8) is 0 Å². The molecule has 0 aliphatic carbocycles. The van der Waals surface area contributed by atoms with Crippen LogP contribution in [-0.4, -0.2) is 34.6 Å². The molecule has 3 nitrogen and oxygen atoms in total. The van der Waals surface area contributed by atoms with Crippen LogP contribution >= 0.6 is 15.9 Å². The third-order valence-corrected chi connectivity index (χ3v) is 3.84. The zero-order chi connectivity index (χ0) is 12.6. The van der Waals surface area contributed by atoms with E-state index in [0.29, 0.717) is 25.1 Å². The van der Waals surface area contributed by atoms with E-state index in [4.69, 9.17) is 0 Å². The van der Waals surface area contributed by atoms with Crippen LogP contribution in [0.3, 0.4) is 0 Å². The largest absolute Gasteiger partial charge is 0.386 e. The van der Waals surface area contributed by atoms with Crippen molar-refractivity contribution in [3.05, 3.63) is 33.8 Å². The number of carbonyl (C=O) groups is 1. The van der Waals surface area contributed by atoms with Crippen molar-refractivity contribution in [2.75, 3.05) is 13.1 Å². The van der Waals surface area contributed by atoms with Gasteiger partial charge in [0, 0.05) is 10.0 Å². The van der Waals surface area contributed by atoms with E-state index >= 15 is 0 Å². The fourth-order valence-electron chi connectivity index (χ4n) is 2.03. The van der Waals surface area contributed by atoms with Gasteiger partial charge in [0.05, 0.1) is 18.7 Å². The molecule has 1 heterocycles. The van der Waals surface area contributed by atoms with E-state index in [0.717, 1.165) is 10.0 Å². The first kappa shape index (κ1) is 12.6. The van der Waals surface area contributed by atoms with Gasteiger partial charge in [-0.1, -0.05) is 28.9 Å². The summed E-state index contributed by atoms with van der Waals surface area (Å²) in [7, 11) is 0. The molecule has 1 aliphatic heterocycles. The number of likely N-dealkylation sites (tertiary alicyclic amines) is 1. The molecule has 0 saturated carbocycles. The van der Waals surface area contributed by atoms with Crippen LogP contribution in [-0.2, 0) is 0 Å². The van der Waals surface area contributed by atoms with Crippen LogP contribution in [0.25, 0.3) is 0 Å². The van der Waals surface area contributed by atoms with E-state index < -0.39 is 5.60 Å². The molecule has 2 rings (SSSR count). The highest BCUT2D eigenvalue weighted by Gasteiger charge is 2.42. The van der Waals surface area contributed by atoms with Gasteiger partial charge in [-0.2, -0.15) is 0 Å². The second-order valence-corrected chi connectivity index (χ2v) is 5.61. The number of benzene rings is 1.